The molecule has 29 heavy (non-hydrogen) atoms. The summed E-state index contributed by atoms with van der Waals surface area (Å²) >= 11 is 0. The SMILES string of the molecule is CCC(=Nc1ccc2c(c1)CCC2)c1c(O)n(-c2ccc(C)cc2)c(=O)[nH]c1=O. The van der Waals surface area contributed by atoms with Crippen molar-refractivity contribution >= 4 is 11.4 Å². The third kappa shape index (κ3) is 3.53. The van der Waals surface area contributed by atoms with E-state index in [4.69, 9.17) is 0 Å². The Hall–Kier alpha value is -3.41. The summed E-state index contributed by atoms with van der Waals surface area (Å²) in [5, 5.41) is 10.9. The molecular weight excluding hydrogens is 366 g/mol. The lowest BCUT2D eigenvalue weighted by Crippen LogP contribution is -2.33. The van der Waals surface area contributed by atoms with Crippen LogP contribution in [0.4, 0.5) is 5.69 Å². The van der Waals surface area contributed by atoms with Crippen LogP contribution < -0.4 is 11.2 Å². The average Bonchev–Trinajstić information content (AvgIpc) is 3.16. The molecule has 6 heteroatoms. The molecule has 3 aromatic rings. The zero-order valence-corrected chi connectivity index (χ0v) is 16.5. The summed E-state index contributed by atoms with van der Waals surface area (Å²) in [6.07, 6.45) is 3.69. The summed E-state index contributed by atoms with van der Waals surface area (Å²) in [6, 6.07) is 13.2. The van der Waals surface area contributed by atoms with Gasteiger partial charge < -0.3 is 5.11 Å². The van der Waals surface area contributed by atoms with Crippen molar-refractivity contribution in [1.29, 1.82) is 0 Å². The van der Waals surface area contributed by atoms with Gasteiger partial charge in [-0.3, -0.25) is 14.8 Å². The van der Waals surface area contributed by atoms with E-state index in [0.717, 1.165) is 35.1 Å². The Morgan fingerprint density at radius 3 is 2.55 bits per heavy atom. The molecule has 2 N–H and O–H groups in total. The highest BCUT2D eigenvalue weighted by Gasteiger charge is 2.20. The van der Waals surface area contributed by atoms with Crippen molar-refractivity contribution in [2.75, 3.05) is 0 Å². The van der Waals surface area contributed by atoms with E-state index >= 15 is 0 Å². The van der Waals surface area contributed by atoms with E-state index in [0.29, 0.717) is 17.8 Å². The second kappa shape index (κ2) is 7.54. The average molecular weight is 389 g/mol. The molecule has 0 unspecified atom stereocenters. The molecule has 1 aliphatic rings. The Labute approximate surface area is 168 Å². The van der Waals surface area contributed by atoms with Gasteiger partial charge in [-0.15, -0.1) is 0 Å². The number of aromatic amines is 1. The van der Waals surface area contributed by atoms with Gasteiger partial charge in [0.25, 0.3) is 5.56 Å². The van der Waals surface area contributed by atoms with Crippen molar-refractivity contribution < 1.29 is 5.11 Å². The number of hydrogen-bond donors (Lipinski definition) is 2. The second-order valence-corrected chi connectivity index (χ2v) is 7.35. The zero-order chi connectivity index (χ0) is 20.5. The van der Waals surface area contributed by atoms with E-state index in [9.17, 15) is 14.7 Å². The van der Waals surface area contributed by atoms with Gasteiger partial charge in [0.1, 0.15) is 5.56 Å². The first-order chi connectivity index (χ1) is 14.0. The van der Waals surface area contributed by atoms with Crippen LogP contribution in [0.1, 0.15) is 42.0 Å². The van der Waals surface area contributed by atoms with E-state index in [1.807, 2.05) is 38.1 Å². The second-order valence-electron chi connectivity index (χ2n) is 7.35. The van der Waals surface area contributed by atoms with E-state index in [2.05, 4.69) is 16.0 Å². The lowest BCUT2D eigenvalue weighted by atomic mass is 10.1. The van der Waals surface area contributed by atoms with Crippen LogP contribution in [0, 0.1) is 6.92 Å². The minimum atomic E-state index is -0.687. The molecule has 0 bridgehead atoms. The Morgan fingerprint density at radius 1 is 1.10 bits per heavy atom. The molecule has 0 amide bonds. The fraction of sp³-hybridized carbons (Fsp3) is 0.261. The van der Waals surface area contributed by atoms with Gasteiger partial charge in [-0.25, -0.2) is 9.36 Å². The van der Waals surface area contributed by atoms with Crippen LogP contribution in [0.3, 0.4) is 0 Å². The third-order valence-electron chi connectivity index (χ3n) is 5.35. The standard InChI is InChI=1S/C23H23N3O3/c1-3-19(24-17-10-9-15-5-4-6-16(15)13-17)20-21(27)25-23(29)26(22(20)28)18-11-7-14(2)8-12-18/h7-13,28H,3-6H2,1-2H3,(H,25,27,29). The van der Waals surface area contributed by atoms with Crippen LogP contribution in [-0.2, 0) is 12.8 Å². The predicted octanol–water partition coefficient (Wildman–Crippen LogP) is 3.56. The summed E-state index contributed by atoms with van der Waals surface area (Å²) in [7, 11) is 0. The van der Waals surface area contributed by atoms with Gasteiger partial charge in [0.2, 0.25) is 5.88 Å². The predicted molar refractivity (Wildman–Crippen MR) is 114 cm³/mol. The Bertz CT molecular complexity index is 1220. The van der Waals surface area contributed by atoms with Gasteiger partial charge in [0, 0.05) is 0 Å². The van der Waals surface area contributed by atoms with Gasteiger partial charge in [0.15, 0.2) is 0 Å². The van der Waals surface area contributed by atoms with Crippen LogP contribution in [0.15, 0.2) is 57.0 Å². The number of aromatic nitrogens is 2. The van der Waals surface area contributed by atoms with Gasteiger partial charge >= 0.3 is 5.69 Å². The molecule has 2 aromatic carbocycles. The molecule has 0 radical (unpaired) electrons. The highest BCUT2D eigenvalue weighted by atomic mass is 16.3. The van der Waals surface area contributed by atoms with E-state index < -0.39 is 17.1 Å². The number of nitrogens with one attached hydrogen (secondary N) is 1. The number of aromatic hydroxyl groups is 1. The molecule has 0 atom stereocenters. The lowest BCUT2D eigenvalue weighted by molar-refractivity contribution is 0.429. The Balaban J connectivity index is 1.86. The van der Waals surface area contributed by atoms with Gasteiger partial charge in [-0.1, -0.05) is 30.7 Å². The molecule has 0 saturated carbocycles. The van der Waals surface area contributed by atoms with Crippen molar-refractivity contribution in [3.8, 4) is 11.6 Å². The maximum absolute atomic E-state index is 12.6. The number of nitrogens with zero attached hydrogens (tertiary/aromatic N) is 2. The molecule has 0 aliphatic heterocycles. The van der Waals surface area contributed by atoms with Crippen LogP contribution >= 0.6 is 0 Å². The summed E-state index contributed by atoms with van der Waals surface area (Å²) in [4.78, 5) is 31.9. The minimum absolute atomic E-state index is 0.0215. The highest BCUT2D eigenvalue weighted by molar-refractivity contribution is 6.03. The minimum Gasteiger partial charge on any atom is -0.493 e. The first kappa shape index (κ1) is 18.9. The largest absolute Gasteiger partial charge is 0.493 e. The third-order valence-corrected chi connectivity index (χ3v) is 5.35. The molecule has 1 aliphatic carbocycles. The van der Waals surface area contributed by atoms with Crippen molar-refractivity contribution in [2.45, 2.75) is 39.5 Å². The molecule has 6 nitrogen and oxygen atoms in total. The quantitative estimate of drug-likeness (QED) is 0.669. The number of aliphatic imine (C=N–C) groups is 1. The molecule has 0 saturated heterocycles. The summed E-state index contributed by atoms with van der Waals surface area (Å²) in [6.45, 7) is 3.80. The number of hydrogen-bond acceptors (Lipinski definition) is 4. The van der Waals surface area contributed by atoms with Crippen LogP contribution in [0.25, 0.3) is 5.69 Å². The fourth-order valence-electron chi connectivity index (χ4n) is 3.81. The number of fused-ring (bicyclic) bond motifs is 1. The number of rotatable bonds is 4. The van der Waals surface area contributed by atoms with Crippen LogP contribution in [0.2, 0.25) is 0 Å². The highest BCUT2D eigenvalue weighted by Crippen LogP contribution is 2.27. The maximum Gasteiger partial charge on any atom is 0.335 e. The van der Waals surface area contributed by atoms with Gasteiger partial charge in [-0.05, 0) is 68.0 Å². The summed E-state index contributed by atoms with van der Waals surface area (Å²) in [5.74, 6) is -0.399. The molecule has 0 spiro atoms. The summed E-state index contributed by atoms with van der Waals surface area (Å²) in [5.41, 5.74) is 4.00. The number of aryl methyl sites for hydroxylation is 3. The van der Waals surface area contributed by atoms with Crippen molar-refractivity contribution in [2.24, 2.45) is 4.99 Å². The van der Waals surface area contributed by atoms with E-state index in [1.165, 1.54) is 11.1 Å². The fourth-order valence-corrected chi connectivity index (χ4v) is 3.81. The maximum atomic E-state index is 12.6. The van der Waals surface area contributed by atoms with E-state index in [-0.39, 0.29) is 5.56 Å². The first-order valence-electron chi connectivity index (χ1n) is 9.83. The monoisotopic (exact) mass is 389 g/mol. The van der Waals surface area contributed by atoms with Crippen molar-refractivity contribution in [1.82, 2.24) is 9.55 Å². The molecular formula is C23H23N3O3. The lowest BCUT2D eigenvalue weighted by Gasteiger charge is -2.13. The normalized spacial score (nSPS) is 13.5. The van der Waals surface area contributed by atoms with Crippen LogP contribution in [0.5, 0.6) is 5.88 Å². The van der Waals surface area contributed by atoms with Crippen LogP contribution in [-0.4, -0.2) is 20.4 Å². The summed E-state index contributed by atoms with van der Waals surface area (Å²) < 4.78 is 1.10. The zero-order valence-electron chi connectivity index (χ0n) is 16.5. The number of H-pyrrole nitrogens is 1. The molecule has 0 fully saturated rings. The topological polar surface area (TPSA) is 87.4 Å². The molecule has 148 valence electrons. The Morgan fingerprint density at radius 2 is 1.83 bits per heavy atom. The van der Waals surface area contributed by atoms with Crippen molar-refractivity contribution in [3.63, 3.8) is 0 Å². The number of benzene rings is 2. The van der Waals surface area contributed by atoms with Gasteiger partial charge in [-0.2, -0.15) is 0 Å². The first-order valence-corrected chi connectivity index (χ1v) is 9.83. The smallest absolute Gasteiger partial charge is 0.335 e. The molecule has 4 rings (SSSR count). The Kier molecular flexibility index (Phi) is 4.92. The van der Waals surface area contributed by atoms with E-state index in [1.54, 1.807) is 12.1 Å². The van der Waals surface area contributed by atoms with Crippen molar-refractivity contribution in [3.05, 3.63) is 85.6 Å². The van der Waals surface area contributed by atoms with Gasteiger partial charge in [0.05, 0.1) is 17.1 Å². The molecule has 1 heterocycles. The molecule has 1 aromatic heterocycles.